The van der Waals surface area contributed by atoms with E-state index in [0.29, 0.717) is 0 Å². The van der Waals surface area contributed by atoms with E-state index in [-0.39, 0.29) is 0 Å². The van der Waals surface area contributed by atoms with Crippen molar-refractivity contribution in [2.75, 3.05) is 9.84 Å². The van der Waals surface area contributed by atoms with E-state index in [1.807, 2.05) is 48.5 Å². The maximum Gasteiger partial charge on any atom is 0.0485 e. The minimum atomic E-state index is 0.795. The molecule has 0 saturated heterocycles. The third-order valence-electron chi connectivity index (χ3n) is 2.51. The number of hydrazine groups is 2. The molecule has 0 radical (unpaired) electrons. The summed E-state index contributed by atoms with van der Waals surface area (Å²) in [6.07, 6.45) is 0. The zero-order chi connectivity index (χ0) is 12.3. The van der Waals surface area contributed by atoms with Crippen LogP contribution < -0.4 is 21.5 Å². The predicted octanol–water partition coefficient (Wildman–Crippen LogP) is 1.78. The minimum absolute atomic E-state index is 0.795. The predicted molar refractivity (Wildman–Crippen MR) is 73.7 cm³/mol. The van der Waals surface area contributed by atoms with Gasteiger partial charge >= 0.3 is 0 Å². The third kappa shape index (κ3) is 2.71. The Hall–Kier alpha value is -1.69. The summed E-state index contributed by atoms with van der Waals surface area (Å²) in [4.78, 5) is 0. The number of hydrogen-bond donors (Lipinski definition) is 3. The molecule has 0 atom stereocenters. The number of anilines is 2. The Labute approximate surface area is 106 Å². The van der Waals surface area contributed by atoms with Gasteiger partial charge in [0, 0.05) is 11.4 Å². The van der Waals surface area contributed by atoms with Crippen LogP contribution in [-0.2, 0) is 12.8 Å². The summed E-state index contributed by atoms with van der Waals surface area (Å²) < 4.78 is 1.17. The highest BCUT2D eigenvalue weighted by atomic mass is 32.1. The highest BCUT2D eigenvalue weighted by Crippen LogP contribution is 2.23. The second kappa shape index (κ2) is 5.09. The van der Waals surface area contributed by atoms with Crippen LogP contribution in [0.3, 0.4) is 0 Å². The van der Waals surface area contributed by atoms with Gasteiger partial charge in [-0.2, -0.15) is 0 Å². The van der Waals surface area contributed by atoms with E-state index >= 15 is 0 Å². The Morgan fingerprint density at radius 2 is 1.35 bits per heavy atom. The molecule has 0 spiro atoms. The molecule has 5 N–H and O–H groups in total. The Morgan fingerprint density at radius 3 is 1.76 bits per heavy atom. The monoisotopic (exact) mass is 245 g/mol. The smallest absolute Gasteiger partial charge is 0.0485 e. The highest BCUT2D eigenvalue weighted by Gasteiger charge is 1.98. The molecule has 0 aliphatic rings. The van der Waals surface area contributed by atoms with Crippen LogP contribution in [-0.4, -0.2) is 0 Å². The van der Waals surface area contributed by atoms with Gasteiger partial charge in [0.2, 0.25) is 0 Å². The second-order valence-electron chi connectivity index (χ2n) is 3.59. The molecule has 0 aliphatic carbocycles. The first kappa shape index (κ1) is 11.8. The molecule has 2 aromatic carbocycles. The summed E-state index contributed by atoms with van der Waals surface area (Å²) in [6, 6.07) is 15.6. The van der Waals surface area contributed by atoms with Crippen molar-refractivity contribution < 1.29 is 0 Å². The van der Waals surface area contributed by atoms with Gasteiger partial charge in [0.15, 0.2) is 0 Å². The maximum atomic E-state index is 5.47. The molecule has 0 amide bonds. The molecule has 0 aromatic heterocycles. The van der Waals surface area contributed by atoms with Crippen molar-refractivity contribution in [1.82, 2.24) is 0 Å². The van der Waals surface area contributed by atoms with Crippen LogP contribution in [0.15, 0.2) is 48.5 Å². The van der Waals surface area contributed by atoms with Gasteiger partial charge in [0.05, 0.1) is 0 Å². The van der Waals surface area contributed by atoms with Gasteiger partial charge in [-0.05, 0) is 35.4 Å². The van der Waals surface area contributed by atoms with Gasteiger partial charge in [-0.1, -0.05) is 24.3 Å². The van der Waals surface area contributed by atoms with Crippen molar-refractivity contribution in [2.45, 2.75) is 0 Å². The Morgan fingerprint density at radius 1 is 0.882 bits per heavy atom. The number of nitrogen functional groups attached to an aromatic ring is 1. The molecular formula is C12H13N4S-. The molecule has 17 heavy (non-hydrogen) atoms. The van der Waals surface area contributed by atoms with Crippen molar-refractivity contribution >= 4 is 24.2 Å². The molecule has 0 unspecified atom stereocenters. The molecule has 5 heteroatoms. The molecule has 4 nitrogen and oxygen atoms in total. The summed E-state index contributed by atoms with van der Waals surface area (Å²) in [5.74, 6) is 10.8. The van der Waals surface area contributed by atoms with Gasteiger partial charge in [-0.25, -0.2) is 0 Å². The molecule has 0 heterocycles. The standard InChI is InChI=1S/C12H13N4S/c13-15-11-5-1-9(2-6-11)10-3-7-12(8-4-10)16(14)17/h1-8,15H,13-14H2/q-1. The van der Waals surface area contributed by atoms with Crippen LogP contribution in [0, 0.1) is 0 Å². The first-order valence-electron chi connectivity index (χ1n) is 5.10. The van der Waals surface area contributed by atoms with Gasteiger partial charge in [-0.3, -0.25) is 11.7 Å². The van der Waals surface area contributed by atoms with Gasteiger partial charge in [-0.15, -0.1) is 0 Å². The average molecular weight is 245 g/mol. The SMILES string of the molecule is NNc1ccc(-c2ccc(N(N)[S-])cc2)cc1. The minimum Gasteiger partial charge on any atom is -0.647 e. The first-order chi connectivity index (χ1) is 8.20. The van der Waals surface area contributed by atoms with Crippen LogP contribution in [0.25, 0.3) is 11.1 Å². The third-order valence-corrected chi connectivity index (χ3v) is 2.72. The number of nitrogens with two attached hydrogens (primary N) is 2. The van der Waals surface area contributed by atoms with Crippen LogP contribution >= 0.6 is 0 Å². The lowest BCUT2D eigenvalue weighted by Crippen LogP contribution is -2.22. The lowest BCUT2D eigenvalue weighted by atomic mass is 10.1. The fraction of sp³-hybridized carbons (Fsp3) is 0. The van der Waals surface area contributed by atoms with Gasteiger partial charge < -0.3 is 22.7 Å². The van der Waals surface area contributed by atoms with Crippen molar-refractivity contribution in [3.63, 3.8) is 0 Å². The van der Waals surface area contributed by atoms with Crippen molar-refractivity contribution in [3.8, 4) is 11.1 Å². The summed E-state index contributed by atoms with van der Waals surface area (Å²) in [5, 5.41) is 0. The van der Waals surface area contributed by atoms with Gasteiger partial charge in [0.25, 0.3) is 0 Å². The molecule has 2 rings (SSSR count). The van der Waals surface area contributed by atoms with Crippen LogP contribution in [0.1, 0.15) is 0 Å². The highest BCUT2D eigenvalue weighted by molar-refractivity contribution is 7.60. The van der Waals surface area contributed by atoms with Crippen molar-refractivity contribution in [3.05, 3.63) is 48.5 Å². The van der Waals surface area contributed by atoms with Crippen molar-refractivity contribution in [1.29, 1.82) is 0 Å². The normalized spacial score (nSPS) is 10.1. The number of benzene rings is 2. The molecule has 0 fully saturated rings. The zero-order valence-electron chi connectivity index (χ0n) is 9.13. The molecule has 88 valence electrons. The van der Waals surface area contributed by atoms with E-state index in [4.69, 9.17) is 24.5 Å². The van der Waals surface area contributed by atoms with E-state index in [0.717, 1.165) is 22.5 Å². The molecule has 2 aromatic rings. The summed E-state index contributed by atoms with van der Waals surface area (Å²) in [5.41, 5.74) is 6.49. The fourth-order valence-electron chi connectivity index (χ4n) is 1.56. The van der Waals surface area contributed by atoms with Crippen LogP contribution in [0.4, 0.5) is 11.4 Å². The summed E-state index contributed by atoms with van der Waals surface area (Å²) in [7, 11) is 0. The lowest BCUT2D eigenvalue weighted by molar-refractivity contribution is 1.22. The quantitative estimate of drug-likeness (QED) is 0.437. The number of hydrogen-bond acceptors (Lipinski definition) is 5. The fourth-order valence-corrected chi connectivity index (χ4v) is 1.68. The van der Waals surface area contributed by atoms with Gasteiger partial charge in [0.1, 0.15) is 0 Å². The van der Waals surface area contributed by atoms with E-state index in [1.165, 1.54) is 4.41 Å². The van der Waals surface area contributed by atoms with E-state index in [9.17, 15) is 0 Å². The lowest BCUT2D eigenvalue weighted by Gasteiger charge is -2.25. The number of nitrogens with zero attached hydrogens (tertiary/aromatic N) is 1. The summed E-state index contributed by atoms with van der Waals surface area (Å²) in [6.45, 7) is 0. The largest absolute Gasteiger partial charge is 0.647 e. The van der Waals surface area contributed by atoms with Crippen molar-refractivity contribution in [2.24, 2.45) is 11.7 Å². The Kier molecular flexibility index (Phi) is 3.53. The molecule has 0 bridgehead atoms. The summed E-state index contributed by atoms with van der Waals surface area (Å²) >= 11 is 4.83. The first-order valence-corrected chi connectivity index (χ1v) is 5.46. The second-order valence-corrected chi connectivity index (χ2v) is 3.99. The average Bonchev–Trinajstić information content (AvgIpc) is 2.39. The Balaban J connectivity index is 2.26. The van der Waals surface area contributed by atoms with E-state index < -0.39 is 0 Å². The Bertz CT molecular complexity index is 479. The van der Waals surface area contributed by atoms with Crippen LogP contribution in [0.5, 0.6) is 0 Å². The topological polar surface area (TPSA) is 67.3 Å². The molecular weight excluding hydrogens is 232 g/mol. The van der Waals surface area contributed by atoms with Crippen LogP contribution in [0.2, 0.25) is 0 Å². The maximum absolute atomic E-state index is 5.47. The molecule has 0 saturated carbocycles. The van der Waals surface area contributed by atoms with E-state index in [1.54, 1.807) is 0 Å². The molecule has 0 aliphatic heterocycles. The van der Waals surface area contributed by atoms with E-state index in [2.05, 4.69) is 5.43 Å². The number of nitrogens with one attached hydrogen (secondary N) is 1. The number of rotatable bonds is 3. The zero-order valence-corrected chi connectivity index (χ0v) is 9.95.